The summed E-state index contributed by atoms with van der Waals surface area (Å²) in [7, 11) is 0. The maximum Gasteiger partial charge on any atom is 0.119 e. The van der Waals surface area contributed by atoms with Crippen LogP contribution in [0.25, 0.3) is 0 Å². The van der Waals surface area contributed by atoms with Crippen LogP contribution in [-0.4, -0.2) is 12.6 Å². The van der Waals surface area contributed by atoms with Gasteiger partial charge in [0.2, 0.25) is 0 Å². The van der Waals surface area contributed by atoms with E-state index in [0.29, 0.717) is 12.1 Å². The van der Waals surface area contributed by atoms with E-state index >= 15 is 0 Å². The third kappa shape index (κ3) is 3.73. The Balaban J connectivity index is 2.11. The SMILES string of the molecule is CCCNC1CCCc2cc(OC(C)CC)ccc21. The predicted octanol–water partition coefficient (Wildman–Crippen LogP) is 4.24. The van der Waals surface area contributed by atoms with Gasteiger partial charge in [0, 0.05) is 6.04 Å². The summed E-state index contributed by atoms with van der Waals surface area (Å²) in [5.41, 5.74) is 2.96. The Morgan fingerprint density at radius 2 is 2.21 bits per heavy atom. The highest BCUT2D eigenvalue weighted by Gasteiger charge is 2.20. The van der Waals surface area contributed by atoms with Crippen LogP contribution in [-0.2, 0) is 6.42 Å². The van der Waals surface area contributed by atoms with Crippen LogP contribution in [0.15, 0.2) is 18.2 Å². The lowest BCUT2D eigenvalue weighted by atomic mass is 9.87. The summed E-state index contributed by atoms with van der Waals surface area (Å²) in [6.45, 7) is 7.62. The van der Waals surface area contributed by atoms with Crippen LogP contribution in [0, 0.1) is 0 Å². The quantitative estimate of drug-likeness (QED) is 0.827. The van der Waals surface area contributed by atoms with Crippen molar-refractivity contribution in [2.75, 3.05) is 6.54 Å². The monoisotopic (exact) mass is 261 g/mol. The molecule has 2 atom stereocenters. The van der Waals surface area contributed by atoms with Crippen molar-refractivity contribution >= 4 is 0 Å². The molecule has 1 aliphatic carbocycles. The first-order valence-corrected chi connectivity index (χ1v) is 7.77. The van der Waals surface area contributed by atoms with Crippen LogP contribution >= 0.6 is 0 Å². The molecule has 0 bridgehead atoms. The van der Waals surface area contributed by atoms with Crippen LogP contribution in [0.3, 0.4) is 0 Å². The molecular formula is C17H27NO. The first-order chi connectivity index (χ1) is 9.24. The fourth-order valence-electron chi connectivity index (χ4n) is 2.71. The van der Waals surface area contributed by atoms with Gasteiger partial charge in [0.25, 0.3) is 0 Å². The molecule has 19 heavy (non-hydrogen) atoms. The average Bonchev–Trinajstić information content (AvgIpc) is 2.44. The lowest BCUT2D eigenvalue weighted by Gasteiger charge is -2.27. The zero-order chi connectivity index (χ0) is 13.7. The number of hydrogen-bond acceptors (Lipinski definition) is 2. The number of aryl methyl sites for hydroxylation is 1. The Labute approximate surface area is 117 Å². The molecule has 0 aliphatic heterocycles. The number of ether oxygens (including phenoxy) is 1. The summed E-state index contributed by atoms with van der Waals surface area (Å²) in [6, 6.07) is 7.19. The Hall–Kier alpha value is -1.02. The van der Waals surface area contributed by atoms with E-state index in [1.807, 2.05) is 0 Å². The Morgan fingerprint density at radius 3 is 2.95 bits per heavy atom. The topological polar surface area (TPSA) is 21.3 Å². The minimum absolute atomic E-state index is 0.302. The van der Waals surface area contributed by atoms with Crippen molar-refractivity contribution in [3.8, 4) is 5.75 Å². The van der Waals surface area contributed by atoms with Gasteiger partial charge in [0.15, 0.2) is 0 Å². The van der Waals surface area contributed by atoms with Gasteiger partial charge in [-0.1, -0.05) is 19.9 Å². The number of benzene rings is 1. The molecule has 0 saturated carbocycles. The molecule has 2 nitrogen and oxygen atoms in total. The Morgan fingerprint density at radius 1 is 1.37 bits per heavy atom. The van der Waals surface area contributed by atoms with Gasteiger partial charge in [-0.25, -0.2) is 0 Å². The molecule has 0 spiro atoms. The van der Waals surface area contributed by atoms with E-state index in [4.69, 9.17) is 4.74 Å². The van der Waals surface area contributed by atoms with Gasteiger partial charge in [0.05, 0.1) is 6.10 Å². The second kappa shape index (κ2) is 6.95. The highest BCUT2D eigenvalue weighted by molar-refractivity contribution is 5.39. The molecule has 2 unspecified atom stereocenters. The molecule has 1 aromatic carbocycles. The fourth-order valence-corrected chi connectivity index (χ4v) is 2.71. The number of fused-ring (bicyclic) bond motifs is 1. The molecule has 1 N–H and O–H groups in total. The summed E-state index contributed by atoms with van der Waals surface area (Å²) < 4.78 is 5.93. The minimum atomic E-state index is 0.302. The van der Waals surface area contributed by atoms with E-state index in [9.17, 15) is 0 Å². The van der Waals surface area contributed by atoms with Gasteiger partial charge in [-0.05, 0) is 68.8 Å². The van der Waals surface area contributed by atoms with Gasteiger partial charge in [0.1, 0.15) is 5.75 Å². The smallest absolute Gasteiger partial charge is 0.119 e. The van der Waals surface area contributed by atoms with Crippen molar-refractivity contribution in [2.24, 2.45) is 0 Å². The Kier molecular flexibility index (Phi) is 5.26. The van der Waals surface area contributed by atoms with Crippen LogP contribution in [0.4, 0.5) is 0 Å². The summed E-state index contributed by atoms with van der Waals surface area (Å²) in [5.74, 6) is 1.03. The summed E-state index contributed by atoms with van der Waals surface area (Å²) in [5, 5.41) is 3.66. The van der Waals surface area contributed by atoms with E-state index in [-0.39, 0.29) is 0 Å². The van der Waals surface area contributed by atoms with Crippen LogP contribution in [0.2, 0.25) is 0 Å². The van der Waals surface area contributed by atoms with Crippen molar-refractivity contribution in [2.45, 2.75) is 65.0 Å². The van der Waals surface area contributed by atoms with E-state index in [2.05, 4.69) is 44.3 Å². The summed E-state index contributed by atoms with van der Waals surface area (Å²) >= 11 is 0. The van der Waals surface area contributed by atoms with Gasteiger partial charge < -0.3 is 10.1 Å². The molecule has 0 radical (unpaired) electrons. The molecule has 2 heteroatoms. The van der Waals surface area contributed by atoms with Crippen LogP contribution in [0.5, 0.6) is 5.75 Å². The Bertz CT molecular complexity index is 402. The second-order valence-electron chi connectivity index (χ2n) is 5.60. The number of nitrogens with one attached hydrogen (secondary N) is 1. The standard InChI is InChI=1S/C17H27NO/c1-4-11-18-17-8-6-7-14-12-15(9-10-16(14)17)19-13(3)5-2/h9-10,12-13,17-18H,4-8,11H2,1-3H3. The summed E-state index contributed by atoms with van der Waals surface area (Å²) in [4.78, 5) is 0. The van der Waals surface area contributed by atoms with Crippen LogP contribution in [0.1, 0.15) is 63.6 Å². The van der Waals surface area contributed by atoms with E-state index < -0.39 is 0 Å². The number of rotatable bonds is 6. The zero-order valence-corrected chi connectivity index (χ0v) is 12.5. The first kappa shape index (κ1) is 14.4. The molecule has 1 aromatic rings. The van der Waals surface area contributed by atoms with E-state index in [1.54, 1.807) is 0 Å². The molecule has 0 fully saturated rings. The number of hydrogen-bond donors (Lipinski definition) is 1. The van der Waals surface area contributed by atoms with Crippen molar-refractivity contribution in [1.82, 2.24) is 5.32 Å². The van der Waals surface area contributed by atoms with Crippen LogP contribution < -0.4 is 10.1 Å². The van der Waals surface area contributed by atoms with E-state index in [1.165, 1.54) is 36.8 Å². The zero-order valence-electron chi connectivity index (χ0n) is 12.5. The third-order valence-electron chi connectivity index (χ3n) is 3.98. The molecule has 0 heterocycles. The lowest BCUT2D eigenvalue weighted by molar-refractivity contribution is 0.217. The molecular weight excluding hydrogens is 234 g/mol. The molecule has 2 rings (SSSR count). The molecule has 1 aliphatic rings. The second-order valence-corrected chi connectivity index (χ2v) is 5.60. The van der Waals surface area contributed by atoms with Gasteiger partial charge in [-0.15, -0.1) is 0 Å². The highest BCUT2D eigenvalue weighted by Crippen LogP contribution is 2.32. The van der Waals surface area contributed by atoms with Gasteiger partial charge in [-0.2, -0.15) is 0 Å². The lowest BCUT2D eigenvalue weighted by Crippen LogP contribution is -2.25. The normalized spacial score (nSPS) is 19.8. The third-order valence-corrected chi connectivity index (χ3v) is 3.98. The van der Waals surface area contributed by atoms with Gasteiger partial charge >= 0.3 is 0 Å². The molecule has 0 aromatic heterocycles. The molecule has 106 valence electrons. The molecule has 0 amide bonds. The largest absolute Gasteiger partial charge is 0.491 e. The minimum Gasteiger partial charge on any atom is -0.491 e. The average molecular weight is 261 g/mol. The van der Waals surface area contributed by atoms with Gasteiger partial charge in [-0.3, -0.25) is 0 Å². The summed E-state index contributed by atoms with van der Waals surface area (Å²) in [6.07, 6.45) is 6.28. The predicted molar refractivity (Wildman–Crippen MR) is 80.8 cm³/mol. The molecule has 0 saturated heterocycles. The van der Waals surface area contributed by atoms with Crippen molar-refractivity contribution < 1.29 is 4.74 Å². The van der Waals surface area contributed by atoms with Crippen molar-refractivity contribution in [3.63, 3.8) is 0 Å². The van der Waals surface area contributed by atoms with Crippen molar-refractivity contribution in [3.05, 3.63) is 29.3 Å². The maximum atomic E-state index is 5.93. The fraction of sp³-hybridized carbons (Fsp3) is 0.647. The van der Waals surface area contributed by atoms with E-state index in [0.717, 1.165) is 18.7 Å². The highest BCUT2D eigenvalue weighted by atomic mass is 16.5. The van der Waals surface area contributed by atoms with Crippen molar-refractivity contribution in [1.29, 1.82) is 0 Å². The maximum absolute atomic E-state index is 5.93. The first-order valence-electron chi connectivity index (χ1n) is 7.77.